The van der Waals surface area contributed by atoms with Crippen molar-refractivity contribution in [2.75, 3.05) is 5.43 Å². The summed E-state index contributed by atoms with van der Waals surface area (Å²) in [6.07, 6.45) is 0. The van der Waals surface area contributed by atoms with Gasteiger partial charge in [0.1, 0.15) is 11.5 Å². The second-order valence-corrected chi connectivity index (χ2v) is 5.59. The zero-order valence-electron chi connectivity index (χ0n) is 13.2. The zero-order chi connectivity index (χ0) is 17.5. The van der Waals surface area contributed by atoms with Crippen LogP contribution in [0.4, 0.5) is 10.1 Å². The van der Waals surface area contributed by atoms with Crippen LogP contribution in [0.3, 0.4) is 0 Å². The summed E-state index contributed by atoms with van der Waals surface area (Å²) in [5.41, 5.74) is 5.82. The molecule has 25 heavy (non-hydrogen) atoms. The van der Waals surface area contributed by atoms with Gasteiger partial charge in [0.25, 0.3) is 0 Å². The quantitative estimate of drug-likeness (QED) is 0.385. The molecule has 3 rings (SSSR count). The molecule has 4 heteroatoms. The van der Waals surface area contributed by atoms with Crippen molar-refractivity contribution in [2.45, 2.75) is 0 Å². The summed E-state index contributed by atoms with van der Waals surface area (Å²) in [6.45, 7) is 0. The highest BCUT2D eigenvalue weighted by atomic mass is 35.5. The molecule has 0 unspecified atom stereocenters. The van der Waals surface area contributed by atoms with Crippen molar-refractivity contribution in [3.05, 3.63) is 101 Å². The molecule has 0 amide bonds. The van der Waals surface area contributed by atoms with Gasteiger partial charge in [-0.3, -0.25) is 5.43 Å². The molecule has 122 valence electrons. The number of hydrogen-bond acceptors (Lipinski definition) is 2. The van der Waals surface area contributed by atoms with Crippen LogP contribution in [0.2, 0.25) is 5.02 Å². The van der Waals surface area contributed by atoms with Crippen LogP contribution in [0, 0.1) is 17.7 Å². The molecule has 0 bridgehead atoms. The molecular formula is C21H14ClFN2. The monoisotopic (exact) mass is 348 g/mol. The molecule has 0 radical (unpaired) electrons. The summed E-state index contributed by atoms with van der Waals surface area (Å²) < 4.78 is 13.3. The van der Waals surface area contributed by atoms with Crippen LogP contribution < -0.4 is 5.43 Å². The Hall–Kier alpha value is -3.09. The van der Waals surface area contributed by atoms with Gasteiger partial charge < -0.3 is 0 Å². The Labute approximate surface area is 151 Å². The fourth-order valence-corrected chi connectivity index (χ4v) is 2.28. The van der Waals surface area contributed by atoms with Gasteiger partial charge in [-0.25, -0.2) is 4.39 Å². The smallest absolute Gasteiger partial charge is 0.141 e. The lowest BCUT2D eigenvalue weighted by atomic mass is 10.1. The molecule has 0 fully saturated rings. The molecule has 2 nitrogen and oxygen atoms in total. The number of rotatable bonds is 3. The number of nitrogens with one attached hydrogen (secondary N) is 1. The van der Waals surface area contributed by atoms with Crippen molar-refractivity contribution in [3.63, 3.8) is 0 Å². The van der Waals surface area contributed by atoms with E-state index in [0.717, 1.165) is 11.1 Å². The van der Waals surface area contributed by atoms with Crippen molar-refractivity contribution < 1.29 is 4.39 Å². The van der Waals surface area contributed by atoms with Crippen molar-refractivity contribution in [1.82, 2.24) is 0 Å². The van der Waals surface area contributed by atoms with E-state index in [-0.39, 0.29) is 5.02 Å². The van der Waals surface area contributed by atoms with Gasteiger partial charge in [0.15, 0.2) is 0 Å². The van der Waals surface area contributed by atoms with Gasteiger partial charge in [0, 0.05) is 11.1 Å². The second kappa shape index (κ2) is 8.14. The number of hydrazone groups is 1. The van der Waals surface area contributed by atoms with Crippen molar-refractivity contribution >= 4 is 23.0 Å². The standard InChI is InChI=1S/C21H14ClFN2/c22-19-15-18(12-13-20(19)23)24-25-21(17-9-5-2-6-10-17)14-11-16-7-3-1-4-8-16/h1-10,12-13,15,24H/b25-21+. The summed E-state index contributed by atoms with van der Waals surface area (Å²) >= 11 is 5.80. The maximum absolute atomic E-state index is 13.3. The summed E-state index contributed by atoms with van der Waals surface area (Å²) in [6, 6.07) is 23.6. The predicted molar refractivity (Wildman–Crippen MR) is 101 cm³/mol. The number of nitrogens with zero attached hydrogens (tertiary/aromatic N) is 1. The van der Waals surface area contributed by atoms with Crippen molar-refractivity contribution in [1.29, 1.82) is 0 Å². The maximum Gasteiger partial charge on any atom is 0.141 e. The molecule has 1 N–H and O–H groups in total. The van der Waals surface area contributed by atoms with Crippen LogP contribution in [0.25, 0.3) is 0 Å². The molecule has 3 aromatic rings. The average molecular weight is 349 g/mol. The van der Waals surface area contributed by atoms with Crippen LogP contribution in [0.15, 0.2) is 84.0 Å². The molecule has 3 aromatic carbocycles. The highest BCUT2D eigenvalue weighted by Gasteiger charge is 2.02. The molecule has 0 saturated carbocycles. The van der Waals surface area contributed by atoms with E-state index in [4.69, 9.17) is 11.6 Å². The number of benzene rings is 3. The first kappa shape index (κ1) is 16.8. The van der Waals surface area contributed by atoms with E-state index in [1.165, 1.54) is 12.1 Å². The lowest BCUT2D eigenvalue weighted by Crippen LogP contribution is -2.02. The molecule has 0 aromatic heterocycles. The lowest BCUT2D eigenvalue weighted by molar-refractivity contribution is 0.628. The topological polar surface area (TPSA) is 24.4 Å². The van der Waals surface area contributed by atoms with Crippen molar-refractivity contribution in [3.8, 4) is 11.8 Å². The Morgan fingerprint density at radius 2 is 1.60 bits per heavy atom. The number of anilines is 1. The fraction of sp³-hybridized carbons (Fsp3) is 0. The molecular weight excluding hydrogens is 335 g/mol. The van der Waals surface area contributed by atoms with Crippen LogP contribution in [-0.2, 0) is 0 Å². The highest BCUT2D eigenvalue weighted by molar-refractivity contribution is 6.31. The molecule has 0 aliphatic rings. The van der Waals surface area contributed by atoms with Crippen LogP contribution in [-0.4, -0.2) is 5.71 Å². The Morgan fingerprint density at radius 1 is 0.920 bits per heavy atom. The minimum atomic E-state index is -0.469. The molecule has 0 spiro atoms. The van der Waals surface area contributed by atoms with Gasteiger partial charge in [0.05, 0.1) is 10.7 Å². The molecule has 0 saturated heterocycles. The van der Waals surface area contributed by atoms with E-state index in [0.29, 0.717) is 11.4 Å². The van der Waals surface area contributed by atoms with Crippen LogP contribution in [0.1, 0.15) is 11.1 Å². The zero-order valence-corrected chi connectivity index (χ0v) is 14.0. The molecule has 0 aliphatic carbocycles. The summed E-state index contributed by atoms with van der Waals surface area (Å²) in [5.74, 6) is 5.70. The summed E-state index contributed by atoms with van der Waals surface area (Å²) in [5, 5.41) is 4.40. The van der Waals surface area contributed by atoms with Gasteiger partial charge in [-0.1, -0.05) is 66.1 Å². The number of hydrogen-bond donors (Lipinski definition) is 1. The van der Waals surface area contributed by atoms with E-state index in [9.17, 15) is 4.39 Å². The van der Waals surface area contributed by atoms with Gasteiger partial charge in [-0.15, -0.1) is 0 Å². The first-order valence-corrected chi connectivity index (χ1v) is 8.01. The van der Waals surface area contributed by atoms with Crippen LogP contribution in [0.5, 0.6) is 0 Å². The third-order valence-corrected chi connectivity index (χ3v) is 3.65. The normalized spacial score (nSPS) is 10.7. The van der Waals surface area contributed by atoms with Crippen LogP contribution >= 0.6 is 11.6 Å². The third-order valence-electron chi connectivity index (χ3n) is 3.36. The van der Waals surface area contributed by atoms with Crippen molar-refractivity contribution in [2.24, 2.45) is 5.10 Å². The second-order valence-electron chi connectivity index (χ2n) is 5.18. The predicted octanol–water partition coefficient (Wildman–Crippen LogP) is 5.35. The van der Waals surface area contributed by atoms with Gasteiger partial charge in [-0.05, 0) is 36.3 Å². The summed E-state index contributed by atoms with van der Waals surface area (Å²) in [4.78, 5) is 0. The minimum Gasteiger partial charge on any atom is -0.277 e. The maximum atomic E-state index is 13.3. The average Bonchev–Trinajstić information content (AvgIpc) is 2.66. The first-order chi connectivity index (χ1) is 12.2. The Bertz CT molecular complexity index is 942. The summed E-state index contributed by atoms with van der Waals surface area (Å²) in [7, 11) is 0. The minimum absolute atomic E-state index is 0.0387. The largest absolute Gasteiger partial charge is 0.277 e. The number of halogens is 2. The van der Waals surface area contributed by atoms with Gasteiger partial charge in [0.2, 0.25) is 0 Å². The fourth-order valence-electron chi connectivity index (χ4n) is 2.10. The van der Waals surface area contributed by atoms with E-state index in [2.05, 4.69) is 22.4 Å². The molecule has 0 aliphatic heterocycles. The van der Waals surface area contributed by atoms with Gasteiger partial charge in [-0.2, -0.15) is 5.10 Å². The Kier molecular flexibility index (Phi) is 5.46. The SMILES string of the molecule is Fc1ccc(N/N=C(\C#Cc2ccccc2)c2ccccc2)cc1Cl. The van der Waals surface area contributed by atoms with Gasteiger partial charge >= 0.3 is 0 Å². The van der Waals surface area contributed by atoms with E-state index in [1.807, 2.05) is 60.7 Å². The molecule has 0 heterocycles. The first-order valence-electron chi connectivity index (χ1n) is 7.63. The van der Waals surface area contributed by atoms with E-state index < -0.39 is 5.82 Å². The van der Waals surface area contributed by atoms with E-state index >= 15 is 0 Å². The van der Waals surface area contributed by atoms with E-state index in [1.54, 1.807) is 6.07 Å². The lowest BCUT2D eigenvalue weighted by Gasteiger charge is -2.04. The Morgan fingerprint density at radius 3 is 2.28 bits per heavy atom. The highest BCUT2D eigenvalue weighted by Crippen LogP contribution is 2.19. The Balaban J connectivity index is 1.91. The third kappa shape index (κ3) is 4.69. The molecule has 0 atom stereocenters.